The SMILES string of the molecule is C[N+](C)(C)CO.NCCCCC(N)C(=O)O. The van der Waals surface area contributed by atoms with E-state index in [9.17, 15) is 4.79 Å². The highest BCUT2D eigenvalue weighted by Gasteiger charge is 2.09. The lowest BCUT2D eigenvalue weighted by Crippen LogP contribution is -2.34. The summed E-state index contributed by atoms with van der Waals surface area (Å²) in [4.78, 5) is 10.1. The van der Waals surface area contributed by atoms with Crippen LogP contribution in [-0.4, -0.2) is 61.1 Å². The van der Waals surface area contributed by atoms with Gasteiger partial charge in [-0.25, -0.2) is 0 Å². The standard InChI is InChI=1S/C6H14N2O2.C4H12NO/c7-4-2-1-3-5(8)6(9)10;1-5(2,3)4-6/h5H,1-4,7-8H2,(H,9,10);6H,4H2,1-3H3/q;+1. The number of aliphatic hydroxyl groups is 1. The Morgan fingerprint density at radius 3 is 2.00 bits per heavy atom. The summed E-state index contributed by atoms with van der Waals surface area (Å²) in [5.41, 5.74) is 10.4. The van der Waals surface area contributed by atoms with Crippen molar-refractivity contribution in [1.82, 2.24) is 0 Å². The molecule has 1 unspecified atom stereocenters. The Kier molecular flexibility index (Phi) is 10.5. The number of hydrogen-bond donors (Lipinski definition) is 4. The zero-order valence-electron chi connectivity index (χ0n) is 10.5. The second-order valence-electron chi connectivity index (χ2n) is 4.66. The number of hydrogen-bond acceptors (Lipinski definition) is 4. The molecule has 1 atom stereocenters. The van der Waals surface area contributed by atoms with E-state index in [1.807, 2.05) is 21.1 Å². The Hall–Kier alpha value is -0.690. The van der Waals surface area contributed by atoms with Crippen LogP contribution in [0.25, 0.3) is 0 Å². The summed E-state index contributed by atoms with van der Waals surface area (Å²) in [6.07, 6.45) is 2.16. The van der Waals surface area contributed by atoms with Crippen LogP contribution in [0.15, 0.2) is 0 Å². The Balaban J connectivity index is 0. The molecule has 0 aromatic heterocycles. The zero-order chi connectivity index (χ0) is 13.2. The minimum Gasteiger partial charge on any atom is -0.480 e. The average Bonchev–Trinajstić information content (AvgIpc) is 2.17. The largest absolute Gasteiger partial charge is 0.480 e. The molecule has 0 aliphatic carbocycles. The molecular weight excluding hydrogens is 210 g/mol. The number of nitrogens with zero attached hydrogens (tertiary/aromatic N) is 1. The van der Waals surface area contributed by atoms with E-state index in [1.54, 1.807) is 0 Å². The van der Waals surface area contributed by atoms with Crippen LogP contribution in [0, 0.1) is 0 Å². The van der Waals surface area contributed by atoms with Gasteiger partial charge in [0.05, 0.1) is 21.1 Å². The fraction of sp³-hybridized carbons (Fsp3) is 0.900. The first kappa shape index (κ1) is 17.7. The Morgan fingerprint density at radius 2 is 1.75 bits per heavy atom. The number of unbranched alkanes of at least 4 members (excludes halogenated alkanes) is 1. The topological polar surface area (TPSA) is 110 Å². The van der Waals surface area contributed by atoms with Crippen molar-refractivity contribution in [2.75, 3.05) is 34.4 Å². The van der Waals surface area contributed by atoms with Crippen LogP contribution in [0.2, 0.25) is 0 Å². The van der Waals surface area contributed by atoms with E-state index in [2.05, 4.69) is 0 Å². The molecule has 0 aromatic carbocycles. The van der Waals surface area contributed by atoms with Crippen LogP contribution in [0.1, 0.15) is 19.3 Å². The minimum absolute atomic E-state index is 0.208. The molecule has 0 rings (SSSR count). The van der Waals surface area contributed by atoms with Gasteiger partial charge in [0.1, 0.15) is 6.04 Å². The number of quaternary nitrogens is 1. The maximum Gasteiger partial charge on any atom is 0.320 e. The van der Waals surface area contributed by atoms with Crippen LogP contribution in [0.3, 0.4) is 0 Å². The highest BCUT2D eigenvalue weighted by Crippen LogP contribution is 1.96. The normalized spacial score (nSPS) is 12.6. The van der Waals surface area contributed by atoms with Crippen molar-refractivity contribution < 1.29 is 19.5 Å². The molecular formula is C10H26N3O3+. The summed E-state index contributed by atoms with van der Waals surface area (Å²) in [7, 11) is 5.79. The van der Waals surface area contributed by atoms with E-state index in [1.165, 1.54) is 0 Å². The number of carbonyl (C=O) groups is 1. The Bertz CT molecular complexity index is 181. The molecule has 0 heterocycles. The van der Waals surface area contributed by atoms with E-state index in [4.69, 9.17) is 21.7 Å². The number of aliphatic hydroxyl groups excluding tert-OH is 1. The molecule has 0 aromatic rings. The Morgan fingerprint density at radius 1 is 1.31 bits per heavy atom. The van der Waals surface area contributed by atoms with Gasteiger partial charge < -0.3 is 26.2 Å². The van der Waals surface area contributed by atoms with Crippen molar-refractivity contribution in [3.8, 4) is 0 Å². The van der Waals surface area contributed by atoms with Gasteiger partial charge in [-0.3, -0.25) is 4.79 Å². The molecule has 0 amide bonds. The van der Waals surface area contributed by atoms with Crippen LogP contribution in [0.4, 0.5) is 0 Å². The second kappa shape index (κ2) is 9.53. The second-order valence-corrected chi connectivity index (χ2v) is 4.66. The first-order chi connectivity index (χ1) is 7.24. The third-order valence-corrected chi connectivity index (χ3v) is 1.71. The minimum atomic E-state index is -0.933. The molecule has 0 radical (unpaired) electrons. The quantitative estimate of drug-likeness (QED) is 0.273. The summed E-state index contributed by atoms with van der Waals surface area (Å²) in [5, 5.41) is 16.7. The smallest absolute Gasteiger partial charge is 0.320 e. The molecule has 16 heavy (non-hydrogen) atoms. The van der Waals surface area contributed by atoms with Gasteiger partial charge in [-0.2, -0.15) is 0 Å². The number of carboxylic acid groups (broad SMARTS) is 1. The van der Waals surface area contributed by atoms with Gasteiger partial charge in [0.2, 0.25) is 0 Å². The molecule has 0 aliphatic heterocycles. The van der Waals surface area contributed by atoms with Crippen molar-refractivity contribution in [2.45, 2.75) is 25.3 Å². The van der Waals surface area contributed by atoms with Crippen LogP contribution >= 0.6 is 0 Å². The fourth-order valence-electron chi connectivity index (χ4n) is 0.632. The van der Waals surface area contributed by atoms with E-state index in [0.29, 0.717) is 17.4 Å². The number of rotatable bonds is 6. The van der Waals surface area contributed by atoms with E-state index in [-0.39, 0.29) is 6.73 Å². The summed E-state index contributed by atoms with van der Waals surface area (Å²) >= 11 is 0. The van der Waals surface area contributed by atoms with Crippen molar-refractivity contribution in [1.29, 1.82) is 0 Å². The van der Waals surface area contributed by atoms with E-state index < -0.39 is 12.0 Å². The lowest BCUT2D eigenvalue weighted by atomic mass is 10.1. The van der Waals surface area contributed by atoms with E-state index >= 15 is 0 Å². The predicted octanol–water partition coefficient (Wildman–Crippen LogP) is -0.830. The number of carboxylic acids is 1. The summed E-state index contributed by atoms with van der Waals surface area (Å²) in [6, 6.07) is -0.716. The molecule has 0 fully saturated rings. The van der Waals surface area contributed by atoms with Gasteiger partial charge in [0.15, 0.2) is 6.73 Å². The van der Waals surface area contributed by atoms with Crippen LogP contribution in [0.5, 0.6) is 0 Å². The van der Waals surface area contributed by atoms with Gasteiger partial charge in [0.25, 0.3) is 0 Å². The van der Waals surface area contributed by atoms with Gasteiger partial charge in [0, 0.05) is 0 Å². The van der Waals surface area contributed by atoms with Gasteiger partial charge >= 0.3 is 5.97 Å². The maximum atomic E-state index is 10.1. The highest BCUT2D eigenvalue weighted by atomic mass is 16.4. The lowest BCUT2D eigenvalue weighted by molar-refractivity contribution is -0.889. The number of nitrogens with two attached hydrogens (primary N) is 2. The summed E-state index contributed by atoms with van der Waals surface area (Å²) in [5.74, 6) is -0.933. The molecule has 0 aliphatic rings. The van der Waals surface area contributed by atoms with Gasteiger partial charge in [-0.05, 0) is 19.4 Å². The van der Waals surface area contributed by atoms with Gasteiger partial charge in [-0.15, -0.1) is 0 Å². The van der Waals surface area contributed by atoms with Crippen molar-refractivity contribution in [3.05, 3.63) is 0 Å². The van der Waals surface area contributed by atoms with Crippen LogP contribution in [-0.2, 0) is 4.79 Å². The van der Waals surface area contributed by atoms with Crippen molar-refractivity contribution in [2.24, 2.45) is 11.5 Å². The monoisotopic (exact) mass is 236 g/mol. The third-order valence-electron chi connectivity index (χ3n) is 1.71. The summed E-state index contributed by atoms with van der Waals surface area (Å²) in [6.45, 7) is 0.812. The van der Waals surface area contributed by atoms with Gasteiger partial charge in [-0.1, -0.05) is 6.42 Å². The van der Waals surface area contributed by atoms with Crippen molar-refractivity contribution in [3.63, 3.8) is 0 Å². The molecule has 6 heteroatoms. The average molecular weight is 236 g/mol. The third kappa shape index (κ3) is 15.8. The first-order valence-corrected chi connectivity index (χ1v) is 5.34. The highest BCUT2D eigenvalue weighted by molar-refractivity contribution is 5.72. The predicted molar refractivity (Wildman–Crippen MR) is 63.6 cm³/mol. The molecule has 0 saturated heterocycles. The molecule has 0 bridgehead atoms. The molecule has 98 valence electrons. The fourth-order valence-corrected chi connectivity index (χ4v) is 0.632. The molecule has 0 spiro atoms. The molecule has 6 nitrogen and oxygen atoms in total. The lowest BCUT2D eigenvalue weighted by Gasteiger charge is -2.19. The molecule has 0 saturated carbocycles. The van der Waals surface area contributed by atoms with Crippen molar-refractivity contribution >= 4 is 5.97 Å². The van der Waals surface area contributed by atoms with Crippen LogP contribution < -0.4 is 11.5 Å². The zero-order valence-corrected chi connectivity index (χ0v) is 10.5. The first-order valence-electron chi connectivity index (χ1n) is 5.34. The Labute approximate surface area is 97.4 Å². The summed E-state index contributed by atoms with van der Waals surface area (Å²) < 4.78 is 0.625. The maximum absolute atomic E-state index is 10.1. The van der Waals surface area contributed by atoms with E-state index in [0.717, 1.165) is 12.8 Å². The number of aliphatic carboxylic acids is 1. The molecule has 6 N–H and O–H groups in total.